The van der Waals surface area contributed by atoms with Gasteiger partial charge in [0.05, 0.1) is 19.1 Å². The average molecular weight is 204 g/mol. The van der Waals surface area contributed by atoms with Crippen LogP contribution in [0.2, 0.25) is 0 Å². The Balaban J connectivity index is 3.09. The van der Waals surface area contributed by atoms with Crippen LogP contribution >= 0.6 is 0 Å². The minimum absolute atomic E-state index is 0.107. The number of nitrogens with one attached hydrogen (secondary N) is 1. The van der Waals surface area contributed by atoms with Crippen LogP contribution < -0.4 is 10.1 Å². The van der Waals surface area contributed by atoms with Crippen molar-refractivity contribution >= 4 is 5.69 Å². The lowest BCUT2D eigenvalue weighted by atomic mass is 10.0. The fourth-order valence-electron chi connectivity index (χ4n) is 1.45. The summed E-state index contributed by atoms with van der Waals surface area (Å²) in [6, 6.07) is 7.97. The Morgan fingerprint density at radius 1 is 1.53 bits per heavy atom. The van der Waals surface area contributed by atoms with Crippen molar-refractivity contribution in [3.05, 3.63) is 23.8 Å². The molecule has 1 N–H and O–H groups in total. The van der Waals surface area contributed by atoms with E-state index in [-0.39, 0.29) is 5.92 Å². The molecule has 1 atom stereocenters. The van der Waals surface area contributed by atoms with Crippen LogP contribution in [-0.4, -0.2) is 13.7 Å². The number of ether oxygens (including phenoxy) is 1. The van der Waals surface area contributed by atoms with Crippen LogP contribution in [0.25, 0.3) is 0 Å². The highest BCUT2D eigenvalue weighted by Gasteiger charge is 2.10. The Morgan fingerprint density at radius 2 is 2.27 bits per heavy atom. The van der Waals surface area contributed by atoms with E-state index in [4.69, 9.17) is 10.00 Å². The minimum Gasteiger partial charge on any atom is -0.497 e. The second kappa shape index (κ2) is 5.26. The Morgan fingerprint density at radius 3 is 2.80 bits per heavy atom. The first-order chi connectivity index (χ1) is 7.22. The summed E-state index contributed by atoms with van der Waals surface area (Å²) in [5.41, 5.74) is 1.99. The van der Waals surface area contributed by atoms with Crippen molar-refractivity contribution < 1.29 is 4.74 Å². The Bertz CT molecular complexity index is 368. The fraction of sp³-hybridized carbons (Fsp3) is 0.417. The van der Waals surface area contributed by atoms with Gasteiger partial charge in [-0.05, 0) is 25.5 Å². The summed E-state index contributed by atoms with van der Waals surface area (Å²) in [6.07, 6.45) is 0. The molecule has 0 heterocycles. The topological polar surface area (TPSA) is 45.0 Å². The zero-order valence-electron chi connectivity index (χ0n) is 9.37. The van der Waals surface area contributed by atoms with Crippen molar-refractivity contribution in [3.8, 4) is 11.8 Å². The maximum absolute atomic E-state index is 8.90. The normalized spacial score (nSPS) is 11.6. The second-order valence-corrected chi connectivity index (χ2v) is 3.33. The van der Waals surface area contributed by atoms with Crippen molar-refractivity contribution in [1.29, 1.82) is 5.26 Å². The van der Waals surface area contributed by atoms with Gasteiger partial charge in [-0.15, -0.1) is 0 Å². The number of nitrogens with zero attached hydrogens (tertiary/aromatic N) is 1. The molecule has 0 aliphatic rings. The van der Waals surface area contributed by atoms with Gasteiger partial charge in [0.1, 0.15) is 5.75 Å². The molecule has 1 aromatic rings. The predicted octanol–water partition coefficient (Wildman–Crippen LogP) is 2.75. The molecule has 3 nitrogen and oxygen atoms in total. The SMILES string of the molecule is CCNc1cc(OC)ccc1C(C)C#N. The van der Waals surface area contributed by atoms with Gasteiger partial charge in [0.15, 0.2) is 0 Å². The number of hydrogen-bond acceptors (Lipinski definition) is 3. The van der Waals surface area contributed by atoms with Crippen molar-refractivity contribution in [2.75, 3.05) is 19.0 Å². The molecule has 0 radical (unpaired) electrons. The van der Waals surface area contributed by atoms with E-state index in [1.165, 1.54) is 0 Å². The van der Waals surface area contributed by atoms with Crippen LogP contribution in [0.4, 0.5) is 5.69 Å². The number of benzene rings is 1. The predicted molar refractivity (Wildman–Crippen MR) is 61.2 cm³/mol. The third-order valence-electron chi connectivity index (χ3n) is 2.29. The summed E-state index contributed by atoms with van der Waals surface area (Å²) < 4.78 is 5.15. The summed E-state index contributed by atoms with van der Waals surface area (Å²) in [6.45, 7) is 4.75. The number of nitriles is 1. The van der Waals surface area contributed by atoms with Crippen LogP contribution in [-0.2, 0) is 0 Å². The number of hydrogen-bond donors (Lipinski definition) is 1. The zero-order chi connectivity index (χ0) is 11.3. The second-order valence-electron chi connectivity index (χ2n) is 3.33. The van der Waals surface area contributed by atoms with Crippen molar-refractivity contribution in [2.45, 2.75) is 19.8 Å². The minimum atomic E-state index is -0.107. The van der Waals surface area contributed by atoms with Gasteiger partial charge in [-0.2, -0.15) is 5.26 Å². The quantitative estimate of drug-likeness (QED) is 0.820. The van der Waals surface area contributed by atoms with Gasteiger partial charge < -0.3 is 10.1 Å². The Kier molecular flexibility index (Phi) is 3.99. The van der Waals surface area contributed by atoms with Gasteiger partial charge in [-0.3, -0.25) is 0 Å². The highest BCUT2D eigenvalue weighted by atomic mass is 16.5. The summed E-state index contributed by atoms with van der Waals surface area (Å²) in [7, 11) is 1.64. The van der Waals surface area contributed by atoms with Gasteiger partial charge in [-0.1, -0.05) is 6.07 Å². The van der Waals surface area contributed by atoms with Gasteiger partial charge in [0, 0.05) is 18.3 Å². The molecule has 1 aromatic carbocycles. The van der Waals surface area contributed by atoms with E-state index in [1.807, 2.05) is 32.0 Å². The lowest BCUT2D eigenvalue weighted by Crippen LogP contribution is -2.03. The molecule has 0 bridgehead atoms. The molecule has 0 aliphatic carbocycles. The number of anilines is 1. The molecule has 0 fully saturated rings. The molecule has 0 saturated heterocycles. The number of methoxy groups -OCH3 is 1. The van der Waals surface area contributed by atoms with E-state index in [2.05, 4.69) is 11.4 Å². The molecule has 1 unspecified atom stereocenters. The van der Waals surface area contributed by atoms with Crippen molar-refractivity contribution in [1.82, 2.24) is 0 Å². The molecule has 0 amide bonds. The molecule has 0 spiro atoms. The van der Waals surface area contributed by atoms with E-state index < -0.39 is 0 Å². The summed E-state index contributed by atoms with van der Waals surface area (Å²) in [4.78, 5) is 0. The van der Waals surface area contributed by atoms with Crippen LogP contribution in [0.5, 0.6) is 5.75 Å². The van der Waals surface area contributed by atoms with Crippen LogP contribution in [0, 0.1) is 11.3 Å². The highest BCUT2D eigenvalue weighted by molar-refractivity contribution is 5.57. The summed E-state index contributed by atoms with van der Waals surface area (Å²) in [5, 5.41) is 12.1. The summed E-state index contributed by atoms with van der Waals surface area (Å²) in [5.74, 6) is 0.699. The van der Waals surface area contributed by atoms with Crippen LogP contribution in [0.1, 0.15) is 25.3 Å². The van der Waals surface area contributed by atoms with Crippen LogP contribution in [0.3, 0.4) is 0 Å². The van der Waals surface area contributed by atoms with E-state index in [0.29, 0.717) is 0 Å². The monoisotopic (exact) mass is 204 g/mol. The maximum atomic E-state index is 8.90. The standard InChI is InChI=1S/C12H16N2O/c1-4-14-12-7-10(15-3)5-6-11(12)9(2)8-13/h5-7,9,14H,4H2,1-3H3. The van der Waals surface area contributed by atoms with Crippen molar-refractivity contribution in [3.63, 3.8) is 0 Å². The molecule has 0 aromatic heterocycles. The van der Waals surface area contributed by atoms with Crippen LogP contribution in [0.15, 0.2) is 18.2 Å². The average Bonchev–Trinajstić information content (AvgIpc) is 2.28. The first kappa shape index (κ1) is 11.4. The number of rotatable bonds is 4. The largest absolute Gasteiger partial charge is 0.497 e. The molecular formula is C12H16N2O. The lowest BCUT2D eigenvalue weighted by molar-refractivity contribution is 0.415. The molecule has 3 heteroatoms. The highest BCUT2D eigenvalue weighted by Crippen LogP contribution is 2.28. The molecular weight excluding hydrogens is 188 g/mol. The zero-order valence-corrected chi connectivity index (χ0v) is 9.37. The van der Waals surface area contributed by atoms with E-state index in [0.717, 1.165) is 23.5 Å². The molecule has 80 valence electrons. The molecule has 1 rings (SSSR count). The summed E-state index contributed by atoms with van der Waals surface area (Å²) >= 11 is 0. The van der Waals surface area contributed by atoms with Crippen molar-refractivity contribution in [2.24, 2.45) is 0 Å². The van der Waals surface area contributed by atoms with Gasteiger partial charge in [0.25, 0.3) is 0 Å². The molecule has 15 heavy (non-hydrogen) atoms. The van der Waals surface area contributed by atoms with Gasteiger partial charge in [-0.25, -0.2) is 0 Å². The van der Waals surface area contributed by atoms with E-state index in [1.54, 1.807) is 7.11 Å². The first-order valence-electron chi connectivity index (χ1n) is 5.04. The van der Waals surface area contributed by atoms with Gasteiger partial charge >= 0.3 is 0 Å². The molecule has 0 aliphatic heterocycles. The molecule has 0 saturated carbocycles. The third kappa shape index (κ3) is 2.63. The third-order valence-corrected chi connectivity index (χ3v) is 2.29. The Labute approximate surface area is 90.7 Å². The smallest absolute Gasteiger partial charge is 0.120 e. The Hall–Kier alpha value is -1.69. The van der Waals surface area contributed by atoms with Gasteiger partial charge in [0.2, 0.25) is 0 Å². The first-order valence-corrected chi connectivity index (χ1v) is 5.04. The van der Waals surface area contributed by atoms with E-state index in [9.17, 15) is 0 Å². The fourth-order valence-corrected chi connectivity index (χ4v) is 1.45. The lowest BCUT2D eigenvalue weighted by Gasteiger charge is -2.13. The van der Waals surface area contributed by atoms with E-state index >= 15 is 0 Å². The maximum Gasteiger partial charge on any atom is 0.120 e.